The second kappa shape index (κ2) is 7.56. The van der Waals surface area contributed by atoms with Gasteiger partial charge in [-0.15, -0.1) is 0 Å². The Morgan fingerprint density at radius 1 is 0.708 bits per heavy atom. The normalized spacial score (nSPS) is 13.9. The molecule has 0 bridgehead atoms. The van der Waals surface area contributed by atoms with Gasteiger partial charge in [0.05, 0.1) is 0 Å². The van der Waals surface area contributed by atoms with Crippen LogP contribution in [0.1, 0.15) is 80.4 Å². The molecule has 1 heteroatoms. The molecule has 0 saturated carbocycles. The van der Waals surface area contributed by atoms with E-state index in [0.717, 1.165) is 11.8 Å². The molecular formula is C23H42Ge. The van der Waals surface area contributed by atoms with E-state index in [4.69, 9.17) is 0 Å². The van der Waals surface area contributed by atoms with Crippen molar-refractivity contribution in [2.24, 2.45) is 11.8 Å². The number of rotatable bonds is 5. The van der Waals surface area contributed by atoms with Gasteiger partial charge in [-0.2, -0.15) is 0 Å². The van der Waals surface area contributed by atoms with E-state index in [0.29, 0.717) is 0 Å². The Morgan fingerprint density at radius 2 is 1.04 bits per heavy atom. The third-order valence-electron chi connectivity index (χ3n) is 5.08. The van der Waals surface area contributed by atoms with Crippen molar-refractivity contribution in [3.8, 4) is 0 Å². The van der Waals surface area contributed by atoms with Gasteiger partial charge >= 0.3 is 155 Å². The van der Waals surface area contributed by atoms with Crippen LogP contribution in [0.25, 0.3) is 0 Å². The van der Waals surface area contributed by atoms with Crippen LogP contribution in [-0.2, 0) is 10.8 Å². The van der Waals surface area contributed by atoms with Gasteiger partial charge in [-0.1, -0.05) is 0 Å². The van der Waals surface area contributed by atoms with Gasteiger partial charge in [-0.3, -0.25) is 0 Å². The van der Waals surface area contributed by atoms with Crippen molar-refractivity contribution in [2.75, 3.05) is 0 Å². The van der Waals surface area contributed by atoms with Crippen LogP contribution in [0.2, 0.25) is 16.3 Å². The van der Waals surface area contributed by atoms with Crippen LogP contribution in [0.15, 0.2) is 18.2 Å². The van der Waals surface area contributed by atoms with Crippen molar-refractivity contribution >= 4 is 17.7 Å². The van der Waals surface area contributed by atoms with E-state index < -0.39 is 13.3 Å². The minimum atomic E-state index is -2.08. The fraction of sp³-hybridized carbons (Fsp3) is 0.739. The molecule has 0 N–H and O–H groups in total. The van der Waals surface area contributed by atoms with Crippen molar-refractivity contribution < 1.29 is 0 Å². The molecular weight excluding hydrogens is 349 g/mol. The third kappa shape index (κ3) is 5.93. The zero-order valence-electron chi connectivity index (χ0n) is 18.3. The summed E-state index contributed by atoms with van der Waals surface area (Å²) in [4.78, 5) is 0. The first-order valence-electron chi connectivity index (χ1n) is 9.82. The van der Waals surface area contributed by atoms with Gasteiger partial charge in [0, 0.05) is 0 Å². The predicted molar refractivity (Wildman–Crippen MR) is 114 cm³/mol. The summed E-state index contributed by atoms with van der Waals surface area (Å²) in [7, 11) is 0. The average molecular weight is 391 g/mol. The van der Waals surface area contributed by atoms with Crippen molar-refractivity contribution in [3.63, 3.8) is 0 Å². The molecule has 0 aliphatic rings. The van der Waals surface area contributed by atoms with Crippen LogP contribution in [-0.4, -0.2) is 13.3 Å². The van der Waals surface area contributed by atoms with Crippen LogP contribution in [0.3, 0.4) is 0 Å². The molecule has 0 atom stereocenters. The van der Waals surface area contributed by atoms with Gasteiger partial charge in [0.2, 0.25) is 0 Å². The zero-order chi connectivity index (χ0) is 18.9. The summed E-state index contributed by atoms with van der Waals surface area (Å²) in [6, 6.07) is 7.64. The monoisotopic (exact) mass is 392 g/mol. The standard InChI is InChI=1S/C23H42Ge/c1-17(2)15-24(11,16-18(3)4)21-13-19(22(5,6)7)12-20(14-21)23(8,9)10/h12-14,17-18H,15-16H2,1-11H3. The van der Waals surface area contributed by atoms with E-state index in [1.807, 2.05) is 0 Å². The zero-order valence-corrected chi connectivity index (χ0v) is 20.4. The van der Waals surface area contributed by atoms with Crippen LogP contribution >= 0.6 is 0 Å². The van der Waals surface area contributed by atoms with Crippen LogP contribution in [0.5, 0.6) is 0 Å². The first-order valence-corrected chi connectivity index (χ1v) is 15.9. The maximum atomic E-state index is 2.67. The number of hydrogen-bond acceptors (Lipinski definition) is 0. The summed E-state index contributed by atoms with van der Waals surface area (Å²) in [5.41, 5.74) is 3.48. The fourth-order valence-electron chi connectivity index (χ4n) is 3.96. The van der Waals surface area contributed by atoms with Gasteiger partial charge in [-0.25, -0.2) is 0 Å². The number of hydrogen-bond donors (Lipinski definition) is 0. The summed E-state index contributed by atoms with van der Waals surface area (Å²) in [6.45, 7) is 23.7. The molecule has 1 rings (SSSR count). The van der Waals surface area contributed by atoms with Crippen molar-refractivity contribution in [3.05, 3.63) is 29.3 Å². The van der Waals surface area contributed by atoms with Crippen LogP contribution < -0.4 is 4.40 Å². The molecule has 1 aromatic rings. The molecule has 0 nitrogen and oxygen atoms in total. The Kier molecular flexibility index (Phi) is 6.87. The van der Waals surface area contributed by atoms with E-state index >= 15 is 0 Å². The summed E-state index contributed by atoms with van der Waals surface area (Å²) in [5.74, 6) is 4.27. The van der Waals surface area contributed by atoms with E-state index in [-0.39, 0.29) is 10.8 Å². The molecule has 0 aliphatic heterocycles. The average Bonchev–Trinajstić information content (AvgIpc) is 2.34. The molecule has 0 spiro atoms. The molecule has 0 unspecified atom stereocenters. The molecule has 0 saturated heterocycles. The molecule has 0 radical (unpaired) electrons. The topological polar surface area (TPSA) is 0 Å². The van der Waals surface area contributed by atoms with Gasteiger partial charge in [0.15, 0.2) is 0 Å². The Morgan fingerprint density at radius 3 is 1.29 bits per heavy atom. The second-order valence-corrected chi connectivity index (χ2v) is 20.5. The van der Waals surface area contributed by atoms with Gasteiger partial charge in [0.25, 0.3) is 0 Å². The molecule has 24 heavy (non-hydrogen) atoms. The first-order chi connectivity index (χ1) is 10.6. The quantitative estimate of drug-likeness (QED) is 0.480. The molecule has 1 aromatic carbocycles. The van der Waals surface area contributed by atoms with Gasteiger partial charge in [-0.05, 0) is 0 Å². The maximum absolute atomic E-state index is 2.67. The van der Waals surface area contributed by atoms with E-state index in [2.05, 4.69) is 93.2 Å². The molecule has 0 fully saturated rings. The molecule has 138 valence electrons. The Hall–Kier alpha value is -0.237. The second-order valence-electron chi connectivity index (χ2n) is 11.1. The Bertz CT molecular complexity index is 496. The summed E-state index contributed by atoms with van der Waals surface area (Å²) in [6.07, 6.45) is 0. The molecule has 0 heterocycles. The Balaban J connectivity index is 3.57. The van der Waals surface area contributed by atoms with E-state index in [9.17, 15) is 0 Å². The van der Waals surface area contributed by atoms with Crippen molar-refractivity contribution in [2.45, 2.75) is 96.3 Å². The first kappa shape index (κ1) is 21.8. The number of benzene rings is 1. The molecule has 0 aliphatic carbocycles. The minimum absolute atomic E-state index is 0.217. The summed E-state index contributed by atoms with van der Waals surface area (Å²) in [5, 5.41) is 2.88. The van der Waals surface area contributed by atoms with E-state index in [1.54, 1.807) is 4.40 Å². The third-order valence-corrected chi connectivity index (χ3v) is 15.8. The Labute approximate surface area is 155 Å². The van der Waals surface area contributed by atoms with Crippen molar-refractivity contribution in [1.29, 1.82) is 0 Å². The SMILES string of the molecule is CC(C)[CH2][Ge]([CH3])([CH2]C(C)C)[c]1cc(C(C)(C)C)cc(C(C)(C)C)c1. The van der Waals surface area contributed by atoms with Crippen molar-refractivity contribution in [1.82, 2.24) is 0 Å². The molecule has 0 amide bonds. The van der Waals surface area contributed by atoms with E-state index in [1.165, 1.54) is 21.6 Å². The summed E-state index contributed by atoms with van der Waals surface area (Å²) >= 11 is -2.08. The van der Waals surface area contributed by atoms with Gasteiger partial charge in [0.1, 0.15) is 0 Å². The fourth-order valence-corrected chi connectivity index (χ4v) is 15.0. The predicted octanol–water partition coefficient (Wildman–Crippen LogP) is 6.88. The van der Waals surface area contributed by atoms with Crippen LogP contribution in [0, 0.1) is 11.8 Å². The van der Waals surface area contributed by atoms with Crippen LogP contribution in [0.4, 0.5) is 0 Å². The summed E-state index contributed by atoms with van der Waals surface area (Å²) < 4.78 is 1.73. The van der Waals surface area contributed by atoms with Gasteiger partial charge < -0.3 is 0 Å². The molecule has 0 aromatic heterocycles.